The number of methoxy groups -OCH3 is 1. The lowest BCUT2D eigenvalue weighted by Gasteiger charge is -2.34. The van der Waals surface area contributed by atoms with Crippen molar-refractivity contribution < 1.29 is 9.53 Å². The lowest BCUT2D eigenvalue weighted by Crippen LogP contribution is -2.48. The average molecular weight is 531 g/mol. The Morgan fingerprint density at radius 2 is 1.60 bits per heavy atom. The van der Waals surface area contributed by atoms with Crippen LogP contribution in [0.25, 0.3) is 28.0 Å². The molecule has 0 aliphatic carbocycles. The van der Waals surface area contributed by atoms with Crippen molar-refractivity contribution in [2.24, 2.45) is 0 Å². The van der Waals surface area contributed by atoms with Gasteiger partial charge in [0.25, 0.3) is 5.91 Å². The first-order valence-electron chi connectivity index (χ1n) is 13.8. The third-order valence-corrected chi connectivity index (χ3v) is 7.84. The number of hydrogen-bond acceptors (Lipinski definition) is 4. The molecule has 2 aromatic heterocycles. The van der Waals surface area contributed by atoms with Crippen LogP contribution >= 0.6 is 0 Å². The highest BCUT2D eigenvalue weighted by atomic mass is 16.5. The van der Waals surface area contributed by atoms with Gasteiger partial charge >= 0.3 is 0 Å². The van der Waals surface area contributed by atoms with Crippen LogP contribution < -0.4 is 4.74 Å². The molecule has 0 spiro atoms. The normalized spacial score (nSPS) is 14.0. The number of piperazine rings is 1. The van der Waals surface area contributed by atoms with Crippen LogP contribution in [0.1, 0.15) is 27.2 Å². The second-order valence-corrected chi connectivity index (χ2v) is 10.5. The summed E-state index contributed by atoms with van der Waals surface area (Å²) in [6.45, 7) is 8.05. The van der Waals surface area contributed by atoms with Crippen LogP contribution in [0.4, 0.5) is 0 Å². The maximum Gasteiger partial charge on any atom is 0.253 e. The van der Waals surface area contributed by atoms with Gasteiger partial charge in [-0.15, -0.1) is 0 Å². The van der Waals surface area contributed by atoms with Crippen LogP contribution in [0.5, 0.6) is 5.75 Å². The van der Waals surface area contributed by atoms with E-state index in [9.17, 15) is 4.79 Å². The van der Waals surface area contributed by atoms with Crippen molar-refractivity contribution in [3.05, 3.63) is 114 Å². The SMILES string of the molecule is COc1ccc(C(=O)N2CCN(Cc3c(-c4ccccc4)nc4ccc(-c5cc(C)ccc5C)cn34)CC2)cc1. The zero-order valence-electron chi connectivity index (χ0n) is 23.3. The molecule has 0 bridgehead atoms. The van der Waals surface area contributed by atoms with Gasteiger partial charge in [0, 0.05) is 50.0 Å². The molecular formula is C34H34N4O2. The van der Waals surface area contributed by atoms with E-state index in [2.05, 4.69) is 83.9 Å². The summed E-state index contributed by atoms with van der Waals surface area (Å²) in [6, 6.07) is 28.7. The Morgan fingerprint density at radius 3 is 2.33 bits per heavy atom. The van der Waals surface area contributed by atoms with E-state index in [4.69, 9.17) is 9.72 Å². The molecular weight excluding hydrogens is 496 g/mol. The van der Waals surface area contributed by atoms with E-state index < -0.39 is 0 Å². The number of carbonyl (C=O) groups is 1. The molecule has 0 atom stereocenters. The number of hydrogen-bond donors (Lipinski definition) is 0. The maximum absolute atomic E-state index is 13.1. The fourth-order valence-electron chi connectivity index (χ4n) is 5.51. The second kappa shape index (κ2) is 11.0. The van der Waals surface area contributed by atoms with Crippen molar-refractivity contribution in [2.45, 2.75) is 20.4 Å². The first-order chi connectivity index (χ1) is 19.5. The van der Waals surface area contributed by atoms with Crippen LogP contribution in [0.3, 0.4) is 0 Å². The van der Waals surface area contributed by atoms with Crippen molar-refractivity contribution in [2.75, 3.05) is 33.3 Å². The summed E-state index contributed by atoms with van der Waals surface area (Å²) < 4.78 is 7.49. The first-order valence-corrected chi connectivity index (χ1v) is 13.8. The van der Waals surface area contributed by atoms with Crippen molar-refractivity contribution >= 4 is 11.6 Å². The summed E-state index contributed by atoms with van der Waals surface area (Å²) in [6.07, 6.45) is 2.23. The van der Waals surface area contributed by atoms with E-state index in [1.54, 1.807) is 7.11 Å². The fourth-order valence-corrected chi connectivity index (χ4v) is 5.51. The summed E-state index contributed by atoms with van der Waals surface area (Å²) in [5.74, 6) is 0.824. The molecule has 202 valence electrons. The quantitative estimate of drug-likeness (QED) is 0.260. The number of aryl methyl sites for hydroxylation is 2. The third-order valence-electron chi connectivity index (χ3n) is 7.84. The zero-order valence-corrected chi connectivity index (χ0v) is 23.3. The smallest absolute Gasteiger partial charge is 0.253 e. The number of nitrogens with zero attached hydrogens (tertiary/aromatic N) is 4. The molecule has 0 unspecified atom stereocenters. The Morgan fingerprint density at radius 1 is 0.850 bits per heavy atom. The standard InChI is InChI=1S/C34H34N4O2/c1-24-9-10-25(2)30(21-24)28-13-16-32-35-33(26-7-5-4-6-8-26)31(38(32)22-28)23-36-17-19-37(20-18-36)34(39)27-11-14-29(40-3)15-12-27/h4-16,21-22H,17-20,23H2,1-3H3. The lowest BCUT2D eigenvalue weighted by molar-refractivity contribution is 0.0627. The number of imidazole rings is 1. The minimum absolute atomic E-state index is 0.0697. The van der Waals surface area contributed by atoms with Crippen LogP contribution in [0.2, 0.25) is 0 Å². The van der Waals surface area contributed by atoms with Crippen LogP contribution in [-0.4, -0.2) is 58.4 Å². The minimum atomic E-state index is 0.0697. The van der Waals surface area contributed by atoms with Gasteiger partial charge in [-0.1, -0.05) is 54.1 Å². The van der Waals surface area contributed by atoms with Crippen molar-refractivity contribution in [1.82, 2.24) is 19.2 Å². The number of pyridine rings is 1. The maximum atomic E-state index is 13.1. The highest BCUT2D eigenvalue weighted by Crippen LogP contribution is 2.30. The summed E-state index contributed by atoms with van der Waals surface area (Å²) >= 11 is 0. The van der Waals surface area contributed by atoms with E-state index in [1.165, 1.54) is 27.9 Å². The average Bonchev–Trinajstić information content (AvgIpc) is 3.36. The number of fused-ring (bicyclic) bond motifs is 1. The molecule has 0 N–H and O–H groups in total. The van der Waals surface area contributed by atoms with Crippen molar-refractivity contribution in [3.63, 3.8) is 0 Å². The van der Waals surface area contributed by atoms with Gasteiger partial charge in [-0.2, -0.15) is 0 Å². The van der Waals surface area contributed by atoms with Crippen molar-refractivity contribution in [1.29, 1.82) is 0 Å². The summed E-state index contributed by atoms with van der Waals surface area (Å²) in [5.41, 5.74) is 9.86. The summed E-state index contributed by atoms with van der Waals surface area (Å²) in [4.78, 5) is 22.6. The zero-order chi connectivity index (χ0) is 27.6. The Kier molecular flexibility index (Phi) is 7.10. The van der Waals surface area contributed by atoms with Crippen LogP contribution in [-0.2, 0) is 6.54 Å². The Hall–Kier alpha value is -4.42. The number of ether oxygens (including phenoxy) is 1. The van der Waals surface area contributed by atoms with E-state index in [0.29, 0.717) is 18.7 Å². The molecule has 6 nitrogen and oxygen atoms in total. The van der Waals surface area contributed by atoms with Gasteiger partial charge in [0.05, 0.1) is 18.5 Å². The molecule has 3 heterocycles. The molecule has 6 heteroatoms. The summed E-state index contributed by atoms with van der Waals surface area (Å²) in [5, 5.41) is 0. The molecule has 5 aromatic rings. The Balaban J connectivity index is 1.28. The van der Waals surface area contributed by atoms with Gasteiger partial charge in [0.2, 0.25) is 0 Å². The van der Waals surface area contributed by atoms with Gasteiger partial charge in [-0.25, -0.2) is 4.98 Å². The molecule has 1 aliphatic rings. The van der Waals surface area contributed by atoms with Crippen molar-refractivity contribution in [3.8, 4) is 28.1 Å². The molecule has 1 amide bonds. The van der Waals surface area contributed by atoms with Gasteiger partial charge in [0.15, 0.2) is 0 Å². The number of aromatic nitrogens is 2. The van der Waals surface area contributed by atoms with Gasteiger partial charge in [-0.3, -0.25) is 9.69 Å². The third kappa shape index (κ3) is 5.10. The number of benzene rings is 3. The molecule has 1 aliphatic heterocycles. The number of amides is 1. The Labute approximate surface area is 235 Å². The fraction of sp³-hybridized carbons (Fsp3) is 0.235. The van der Waals surface area contributed by atoms with Gasteiger partial charge in [-0.05, 0) is 66.9 Å². The molecule has 0 saturated carbocycles. The molecule has 1 saturated heterocycles. The highest BCUT2D eigenvalue weighted by molar-refractivity contribution is 5.94. The predicted octanol–water partition coefficient (Wildman–Crippen LogP) is 6.25. The minimum Gasteiger partial charge on any atom is -0.497 e. The first kappa shape index (κ1) is 25.8. The molecule has 40 heavy (non-hydrogen) atoms. The lowest BCUT2D eigenvalue weighted by atomic mass is 10.00. The van der Waals surface area contributed by atoms with Gasteiger partial charge in [0.1, 0.15) is 11.4 Å². The predicted molar refractivity (Wildman–Crippen MR) is 160 cm³/mol. The topological polar surface area (TPSA) is 50.1 Å². The largest absolute Gasteiger partial charge is 0.497 e. The number of carbonyl (C=O) groups excluding carboxylic acids is 1. The molecule has 6 rings (SSSR count). The van der Waals surface area contributed by atoms with E-state index >= 15 is 0 Å². The Bertz CT molecular complexity index is 1650. The van der Waals surface area contributed by atoms with E-state index in [1.807, 2.05) is 35.2 Å². The monoisotopic (exact) mass is 530 g/mol. The van der Waals surface area contributed by atoms with Gasteiger partial charge < -0.3 is 14.0 Å². The highest BCUT2D eigenvalue weighted by Gasteiger charge is 2.24. The van der Waals surface area contributed by atoms with E-state index in [0.717, 1.165) is 42.3 Å². The van der Waals surface area contributed by atoms with E-state index in [-0.39, 0.29) is 5.91 Å². The summed E-state index contributed by atoms with van der Waals surface area (Å²) in [7, 11) is 1.63. The van der Waals surface area contributed by atoms with Crippen LogP contribution in [0.15, 0.2) is 91.1 Å². The second-order valence-electron chi connectivity index (χ2n) is 10.5. The molecule has 1 fully saturated rings. The van der Waals surface area contributed by atoms with Crippen LogP contribution in [0, 0.1) is 13.8 Å². The molecule has 0 radical (unpaired) electrons. The molecule has 3 aromatic carbocycles. The number of rotatable bonds is 6.